The van der Waals surface area contributed by atoms with E-state index >= 15 is 0 Å². The molecular formula is C20H37NO2. The molecule has 23 heavy (non-hydrogen) atoms. The molecular weight excluding hydrogens is 286 g/mol. The Bertz CT molecular complexity index is 282. The van der Waals surface area contributed by atoms with Gasteiger partial charge in [-0.1, -0.05) is 51.4 Å². The van der Waals surface area contributed by atoms with Gasteiger partial charge in [0.2, 0.25) is 0 Å². The Balaban J connectivity index is 1.65. The highest BCUT2D eigenvalue weighted by molar-refractivity contribution is 4.67. The van der Waals surface area contributed by atoms with Crippen molar-refractivity contribution in [2.24, 2.45) is 0 Å². The summed E-state index contributed by atoms with van der Waals surface area (Å²) in [5.41, 5.74) is 0. The van der Waals surface area contributed by atoms with Crippen LogP contribution in [0.3, 0.4) is 0 Å². The van der Waals surface area contributed by atoms with Crippen molar-refractivity contribution in [2.45, 2.75) is 102 Å². The van der Waals surface area contributed by atoms with Crippen molar-refractivity contribution in [2.75, 3.05) is 19.8 Å². The van der Waals surface area contributed by atoms with Crippen molar-refractivity contribution in [3.8, 4) is 6.07 Å². The fraction of sp³-hybridized carbons (Fsp3) is 0.950. The fourth-order valence-electron chi connectivity index (χ4n) is 3.20. The molecule has 0 aliphatic carbocycles. The Morgan fingerprint density at radius 3 is 2.04 bits per heavy atom. The zero-order chi connectivity index (χ0) is 16.4. The van der Waals surface area contributed by atoms with E-state index in [-0.39, 0.29) is 0 Å². The maximum absolute atomic E-state index is 8.45. The largest absolute Gasteiger partial charge is 0.381 e. The molecule has 1 saturated heterocycles. The summed E-state index contributed by atoms with van der Waals surface area (Å²) in [6.45, 7) is 2.86. The second kappa shape index (κ2) is 16.3. The third-order valence-corrected chi connectivity index (χ3v) is 4.67. The molecule has 3 nitrogen and oxygen atoms in total. The van der Waals surface area contributed by atoms with E-state index < -0.39 is 0 Å². The molecule has 3 heteroatoms. The molecule has 1 rings (SSSR count). The summed E-state index contributed by atoms with van der Waals surface area (Å²) in [4.78, 5) is 0. The number of hydrogen-bond acceptors (Lipinski definition) is 3. The molecule has 0 saturated carbocycles. The highest BCUT2D eigenvalue weighted by Gasteiger charge is 2.14. The van der Waals surface area contributed by atoms with Crippen molar-refractivity contribution in [3.05, 3.63) is 0 Å². The maximum atomic E-state index is 8.45. The summed E-state index contributed by atoms with van der Waals surface area (Å²) in [5, 5.41) is 8.45. The fourth-order valence-corrected chi connectivity index (χ4v) is 3.20. The number of rotatable bonds is 16. The third-order valence-electron chi connectivity index (χ3n) is 4.67. The van der Waals surface area contributed by atoms with E-state index in [1.165, 1.54) is 83.5 Å². The Hall–Kier alpha value is -0.590. The molecule has 1 atom stereocenters. The zero-order valence-electron chi connectivity index (χ0n) is 15.1. The molecule has 1 heterocycles. The summed E-state index contributed by atoms with van der Waals surface area (Å²) in [6.07, 6.45) is 19.0. The minimum absolute atomic E-state index is 0.567. The first-order chi connectivity index (χ1) is 11.4. The Labute approximate surface area is 143 Å². The molecule has 0 N–H and O–H groups in total. The quantitative estimate of drug-likeness (QED) is 0.338. The molecule has 1 aliphatic heterocycles. The summed E-state index contributed by atoms with van der Waals surface area (Å²) in [7, 11) is 0. The van der Waals surface area contributed by atoms with Crippen LogP contribution in [0.2, 0.25) is 0 Å². The molecule has 0 aromatic carbocycles. The topological polar surface area (TPSA) is 42.2 Å². The lowest BCUT2D eigenvalue weighted by atomic mass is 10.1. The van der Waals surface area contributed by atoms with E-state index in [4.69, 9.17) is 14.7 Å². The van der Waals surface area contributed by atoms with Gasteiger partial charge in [-0.25, -0.2) is 0 Å². The van der Waals surface area contributed by atoms with Crippen LogP contribution in [0.4, 0.5) is 0 Å². The lowest BCUT2D eigenvalue weighted by Gasteiger charge is -2.08. The van der Waals surface area contributed by atoms with Crippen LogP contribution in [0, 0.1) is 11.3 Å². The standard InChI is InChI=1S/C20H37NO2/c21-16-10-6-3-1-2-4-7-11-17-22-18-12-8-5-9-14-20-15-13-19-23-20/h20H,1-15,17-19H2. The minimum atomic E-state index is 0.567. The van der Waals surface area contributed by atoms with Crippen molar-refractivity contribution < 1.29 is 9.47 Å². The molecule has 0 aromatic rings. The number of nitrogens with zero attached hydrogens (tertiary/aromatic N) is 1. The summed E-state index contributed by atoms with van der Waals surface area (Å²) < 4.78 is 11.4. The SMILES string of the molecule is N#CCCCCCCCCCOCCCCCCC1CCCO1. The van der Waals surface area contributed by atoms with Crippen LogP contribution in [0.5, 0.6) is 0 Å². The van der Waals surface area contributed by atoms with E-state index in [0.29, 0.717) is 6.10 Å². The van der Waals surface area contributed by atoms with Crippen LogP contribution in [0.25, 0.3) is 0 Å². The zero-order valence-corrected chi connectivity index (χ0v) is 15.1. The number of unbranched alkanes of at least 4 members (excludes halogenated alkanes) is 10. The smallest absolute Gasteiger partial charge is 0.0621 e. The van der Waals surface area contributed by atoms with E-state index in [0.717, 1.165) is 32.7 Å². The first-order valence-electron chi connectivity index (χ1n) is 10.00. The lowest BCUT2D eigenvalue weighted by Crippen LogP contribution is -2.04. The van der Waals surface area contributed by atoms with Gasteiger partial charge in [0.15, 0.2) is 0 Å². The molecule has 0 spiro atoms. The van der Waals surface area contributed by atoms with Gasteiger partial charge < -0.3 is 9.47 Å². The molecule has 134 valence electrons. The predicted molar refractivity (Wildman–Crippen MR) is 95.4 cm³/mol. The minimum Gasteiger partial charge on any atom is -0.381 e. The highest BCUT2D eigenvalue weighted by Crippen LogP contribution is 2.18. The second-order valence-electron chi connectivity index (χ2n) is 6.83. The lowest BCUT2D eigenvalue weighted by molar-refractivity contribution is 0.101. The van der Waals surface area contributed by atoms with Gasteiger partial charge in [-0.3, -0.25) is 0 Å². The van der Waals surface area contributed by atoms with Gasteiger partial charge in [0.25, 0.3) is 0 Å². The molecule has 0 amide bonds. The molecule has 1 fully saturated rings. The van der Waals surface area contributed by atoms with Crippen LogP contribution in [0.1, 0.15) is 96.3 Å². The van der Waals surface area contributed by atoms with Gasteiger partial charge >= 0.3 is 0 Å². The Morgan fingerprint density at radius 2 is 1.43 bits per heavy atom. The van der Waals surface area contributed by atoms with Gasteiger partial charge in [-0.05, 0) is 38.5 Å². The normalized spacial score (nSPS) is 17.4. The Morgan fingerprint density at radius 1 is 0.826 bits per heavy atom. The average Bonchev–Trinajstić information content (AvgIpc) is 3.08. The summed E-state index contributed by atoms with van der Waals surface area (Å²) in [6, 6.07) is 2.20. The van der Waals surface area contributed by atoms with Crippen molar-refractivity contribution in [3.63, 3.8) is 0 Å². The summed E-state index contributed by atoms with van der Waals surface area (Å²) in [5.74, 6) is 0. The summed E-state index contributed by atoms with van der Waals surface area (Å²) >= 11 is 0. The number of ether oxygens (including phenoxy) is 2. The van der Waals surface area contributed by atoms with Crippen LogP contribution < -0.4 is 0 Å². The monoisotopic (exact) mass is 323 g/mol. The number of hydrogen-bond donors (Lipinski definition) is 0. The van der Waals surface area contributed by atoms with Crippen LogP contribution in [0.15, 0.2) is 0 Å². The highest BCUT2D eigenvalue weighted by atomic mass is 16.5. The van der Waals surface area contributed by atoms with E-state index in [1.54, 1.807) is 0 Å². The van der Waals surface area contributed by atoms with Crippen LogP contribution in [-0.4, -0.2) is 25.9 Å². The van der Waals surface area contributed by atoms with Crippen LogP contribution in [-0.2, 0) is 9.47 Å². The van der Waals surface area contributed by atoms with Gasteiger partial charge in [0.05, 0.1) is 12.2 Å². The van der Waals surface area contributed by atoms with E-state index in [1.807, 2.05) is 0 Å². The average molecular weight is 324 g/mol. The molecule has 0 aromatic heterocycles. The van der Waals surface area contributed by atoms with Crippen molar-refractivity contribution in [1.29, 1.82) is 5.26 Å². The number of nitriles is 1. The van der Waals surface area contributed by atoms with Gasteiger partial charge in [0.1, 0.15) is 0 Å². The Kier molecular flexibility index (Phi) is 14.5. The first kappa shape index (κ1) is 20.5. The molecule has 1 aliphatic rings. The molecule has 0 bridgehead atoms. The van der Waals surface area contributed by atoms with Crippen LogP contribution >= 0.6 is 0 Å². The van der Waals surface area contributed by atoms with Gasteiger partial charge in [-0.2, -0.15) is 5.26 Å². The van der Waals surface area contributed by atoms with Gasteiger partial charge in [0, 0.05) is 26.2 Å². The third kappa shape index (κ3) is 13.5. The first-order valence-corrected chi connectivity index (χ1v) is 10.00. The van der Waals surface area contributed by atoms with Crippen molar-refractivity contribution >= 4 is 0 Å². The van der Waals surface area contributed by atoms with E-state index in [9.17, 15) is 0 Å². The predicted octanol–water partition coefficient (Wildman–Crippen LogP) is 5.78. The van der Waals surface area contributed by atoms with Gasteiger partial charge in [-0.15, -0.1) is 0 Å². The maximum Gasteiger partial charge on any atom is 0.0621 e. The van der Waals surface area contributed by atoms with Crippen molar-refractivity contribution in [1.82, 2.24) is 0 Å². The molecule has 1 unspecified atom stereocenters. The molecule has 0 radical (unpaired) electrons. The van der Waals surface area contributed by atoms with E-state index in [2.05, 4.69) is 6.07 Å². The second-order valence-corrected chi connectivity index (χ2v) is 6.83.